The maximum atomic E-state index is 11.1. The molecule has 0 aliphatic rings. The van der Waals surface area contributed by atoms with Crippen molar-refractivity contribution in [2.75, 3.05) is 0 Å². The van der Waals surface area contributed by atoms with E-state index in [4.69, 9.17) is 9.84 Å². The Morgan fingerprint density at radius 2 is 1.81 bits per heavy atom. The van der Waals surface area contributed by atoms with Crippen molar-refractivity contribution >= 4 is 5.97 Å². The van der Waals surface area contributed by atoms with Gasteiger partial charge in [-0.25, -0.2) is 4.79 Å². The maximum Gasteiger partial charge on any atom is 0.335 e. The van der Waals surface area contributed by atoms with E-state index in [0.29, 0.717) is 12.2 Å². The van der Waals surface area contributed by atoms with Gasteiger partial charge in [-0.2, -0.15) is 5.26 Å². The summed E-state index contributed by atoms with van der Waals surface area (Å²) in [5, 5.41) is 18.7. The molecule has 0 amide bonds. The van der Waals surface area contributed by atoms with Crippen molar-refractivity contribution in [2.45, 2.75) is 13.5 Å². The van der Waals surface area contributed by atoms with Gasteiger partial charge in [0.15, 0.2) is 0 Å². The summed E-state index contributed by atoms with van der Waals surface area (Å²) in [6, 6.07) is 24.5. The van der Waals surface area contributed by atoms with Crippen molar-refractivity contribution in [3.8, 4) is 28.6 Å². The first-order chi connectivity index (χ1) is 15.0. The lowest BCUT2D eigenvalue weighted by atomic mass is 10.1. The molecule has 0 saturated carbocycles. The van der Waals surface area contributed by atoms with E-state index in [1.165, 1.54) is 5.56 Å². The van der Waals surface area contributed by atoms with Crippen molar-refractivity contribution in [2.24, 2.45) is 0 Å². The van der Waals surface area contributed by atoms with E-state index in [-0.39, 0.29) is 5.56 Å². The smallest absolute Gasteiger partial charge is 0.335 e. The van der Waals surface area contributed by atoms with Gasteiger partial charge in [-0.05, 0) is 60.0 Å². The van der Waals surface area contributed by atoms with Crippen LogP contribution in [-0.4, -0.2) is 15.6 Å². The third kappa shape index (κ3) is 4.34. The largest absolute Gasteiger partial charge is 0.489 e. The van der Waals surface area contributed by atoms with Crippen molar-refractivity contribution in [3.63, 3.8) is 0 Å². The van der Waals surface area contributed by atoms with Gasteiger partial charge in [-0.3, -0.25) is 0 Å². The molecule has 0 radical (unpaired) electrons. The number of rotatable bonds is 6. The van der Waals surface area contributed by atoms with Crippen LogP contribution in [0.15, 0.2) is 85.2 Å². The number of benzene rings is 3. The van der Waals surface area contributed by atoms with Gasteiger partial charge in [-0.1, -0.05) is 36.4 Å². The standard InChI is InChI=1S/C26H20N2O3/c1-18-5-2-3-6-21(18)17-31-24-8-4-7-20(13-24)25-16-28(15-22(25)14-27)23-11-9-19(10-12-23)26(29)30/h2-13,15-16H,17H2,1H3,(H,29,30). The molecule has 0 saturated heterocycles. The van der Waals surface area contributed by atoms with Gasteiger partial charge < -0.3 is 14.4 Å². The van der Waals surface area contributed by atoms with E-state index in [0.717, 1.165) is 28.1 Å². The van der Waals surface area contributed by atoms with E-state index < -0.39 is 5.97 Å². The van der Waals surface area contributed by atoms with Gasteiger partial charge in [0.2, 0.25) is 0 Å². The topological polar surface area (TPSA) is 75.2 Å². The molecule has 0 aliphatic carbocycles. The minimum Gasteiger partial charge on any atom is -0.489 e. The molecule has 4 rings (SSSR count). The van der Waals surface area contributed by atoms with E-state index in [9.17, 15) is 10.1 Å². The quantitative estimate of drug-likeness (QED) is 0.450. The predicted octanol–water partition coefficient (Wildman–Crippen LogP) is 5.60. The fourth-order valence-corrected chi connectivity index (χ4v) is 3.39. The average Bonchev–Trinajstić information content (AvgIpc) is 3.23. The fraction of sp³-hybridized carbons (Fsp3) is 0.0769. The van der Waals surface area contributed by atoms with Crippen LogP contribution >= 0.6 is 0 Å². The number of carboxylic acid groups (broad SMARTS) is 1. The monoisotopic (exact) mass is 408 g/mol. The molecule has 31 heavy (non-hydrogen) atoms. The SMILES string of the molecule is Cc1ccccc1COc1cccc(-c2cn(-c3ccc(C(=O)O)cc3)cc2C#N)c1. The van der Waals surface area contributed by atoms with Gasteiger partial charge >= 0.3 is 5.97 Å². The highest BCUT2D eigenvalue weighted by Crippen LogP contribution is 2.29. The van der Waals surface area contributed by atoms with Crippen molar-refractivity contribution in [3.05, 3.63) is 107 Å². The third-order valence-electron chi connectivity index (χ3n) is 5.16. The number of aryl methyl sites for hydroxylation is 1. The molecule has 3 aromatic carbocycles. The Balaban J connectivity index is 1.61. The highest BCUT2D eigenvalue weighted by molar-refractivity contribution is 5.87. The van der Waals surface area contributed by atoms with Gasteiger partial charge in [0.05, 0.1) is 11.1 Å². The third-order valence-corrected chi connectivity index (χ3v) is 5.16. The van der Waals surface area contributed by atoms with Crippen LogP contribution < -0.4 is 4.74 Å². The van der Waals surface area contributed by atoms with Crippen LogP contribution in [-0.2, 0) is 6.61 Å². The van der Waals surface area contributed by atoms with Crippen molar-refractivity contribution in [1.82, 2.24) is 4.57 Å². The van der Waals surface area contributed by atoms with Crippen LogP contribution in [0, 0.1) is 18.3 Å². The van der Waals surface area contributed by atoms with Crippen LogP contribution in [0.3, 0.4) is 0 Å². The number of aromatic nitrogens is 1. The minimum atomic E-state index is -0.972. The zero-order chi connectivity index (χ0) is 21.8. The highest BCUT2D eigenvalue weighted by atomic mass is 16.5. The van der Waals surface area contributed by atoms with Gasteiger partial charge in [-0.15, -0.1) is 0 Å². The summed E-state index contributed by atoms with van der Waals surface area (Å²) >= 11 is 0. The molecule has 4 aromatic rings. The molecule has 5 nitrogen and oxygen atoms in total. The average molecular weight is 408 g/mol. The first-order valence-corrected chi connectivity index (χ1v) is 9.79. The van der Waals surface area contributed by atoms with Gasteiger partial charge in [0.25, 0.3) is 0 Å². The normalized spacial score (nSPS) is 10.5. The van der Waals surface area contributed by atoms with Crippen molar-refractivity contribution in [1.29, 1.82) is 5.26 Å². The Kier molecular flexibility index (Phi) is 5.55. The van der Waals surface area contributed by atoms with E-state index in [2.05, 4.69) is 19.1 Å². The molecule has 152 valence electrons. The van der Waals surface area contributed by atoms with Crippen LogP contribution in [0.1, 0.15) is 27.0 Å². The fourth-order valence-electron chi connectivity index (χ4n) is 3.39. The molecule has 0 aliphatic heterocycles. The zero-order valence-electron chi connectivity index (χ0n) is 16.9. The molecule has 1 aromatic heterocycles. The van der Waals surface area contributed by atoms with E-state index in [1.807, 2.05) is 53.2 Å². The highest BCUT2D eigenvalue weighted by Gasteiger charge is 2.12. The summed E-state index contributed by atoms with van der Waals surface area (Å²) in [4.78, 5) is 11.1. The molecule has 0 fully saturated rings. The van der Waals surface area contributed by atoms with Gasteiger partial charge in [0.1, 0.15) is 18.4 Å². The number of nitriles is 1. The Bertz CT molecular complexity index is 1280. The molecule has 0 unspecified atom stereocenters. The molecular formula is C26H20N2O3. The lowest BCUT2D eigenvalue weighted by Crippen LogP contribution is -1.97. The number of aromatic carboxylic acids is 1. The molecule has 5 heteroatoms. The lowest BCUT2D eigenvalue weighted by molar-refractivity contribution is 0.0697. The van der Waals surface area contributed by atoms with E-state index >= 15 is 0 Å². The molecule has 1 N–H and O–H groups in total. The summed E-state index contributed by atoms with van der Waals surface area (Å²) in [5.74, 6) is -0.247. The Morgan fingerprint density at radius 1 is 1.03 bits per heavy atom. The lowest BCUT2D eigenvalue weighted by Gasteiger charge is -2.10. The second-order valence-corrected chi connectivity index (χ2v) is 7.20. The summed E-state index contributed by atoms with van der Waals surface area (Å²) in [6.45, 7) is 2.53. The Hall–Kier alpha value is -4.30. The van der Waals surface area contributed by atoms with Crippen LogP contribution in [0.4, 0.5) is 0 Å². The summed E-state index contributed by atoms with van der Waals surface area (Å²) in [6.07, 6.45) is 3.61. The molecule has 0 spiro atoms. The summed E-state index contributed by atoms with van der Waals surface area (Å²) < 4.78 is 7.81. The minimum absolute atomic E-state index is 0.218. The second-order valence-electron chi connectivity index (χ2n) is 7.20. The summed E-state index contributed by atoms with van der Waals surface area (Å²) in [7, 11) is 0. The number of hydrogen-bond donors (Lipinski definition) is 1. The Morgan fingerprint density at radius 3 is 2.52 bits per heavy atom. The van der Waals surface area contributed by atoms with Crippen LogP contribution in [0.5, 0.6) is 5.75 Å². The zero-order valence-corrected chi connectivity index (χ0v) is 16.9. The maximum absolute atomic E-state index is 11.1. The number of carboxylic acids is 1. The van der Waals surface area contributed by atoms with Crippen molar-refractivity contribution < 1.29 is 14.6 Å². The first kappa shape index (κ1) is 20.0. The molecule has 1 heterocycles. The Labute approximate surface area is 180 Å². The van der Waals surface area contributed by atoms with Crippen LogP contribution in [0.25, 0.3) is 16.8 Å². The number of nitrogens with zero attached hydrogens (tertiary/aromatic N) is 2. The van der Waals surface area contributed by atoms with Gasteiger partial charge in [0, 0.05) is 23.6 Å². The second kappa shape index (κ2) is 8.60. The van der Waals surface area contributed by atoms with Crippen LogP contribution in [0.2, 0.25) is 0 Å². The van der Waals surface area contributed by atoms with E-state index in [1.54, 1.807) is 30.5 Å². The summed E-state index contributed by atoms with van der Waals surface area (Å²) in [5.41, 5.74) is 5.48. The first-order valence-electron chi connectivity index (χ1n) is 9.79. The molecule has 0 atom stereocenters. The number of hydrogen-bond acceptors (Lipinski definition) is 3. The molecule has 0 bridgehead atoms. The molecular weight excluding hydrogens is 388 g/mol. The number of ether oxygens (including phenoxy) is 1. The number of carbonyl (C=O) groups is 1. The predicted molar refractivity (Wildman–Crippen MR) is 118 cm³/mol.